The second-order valence-corrected chi connectivity index (χ2v) is 13.2. The van der Waals surface area contributed by atoms with E-state index in [0.29, 0.717) is 33.8 Å². The van der Waals surface area contributed by atoms with E-state index in [4.69, 9.17) is 0 Å². The molecule has 1 nitrogen and oxygen atoms in total. The molecule has 1 N–H and O–H groups in total. The standard InChI is InChI=1S/C27H39BrO/c1-23(2)17-10-11-25(23,5)20(14-17)18-8-7-9-19(22(18)29)21-15-27(16-28)13-12-26(21,6)24(27,3)4/h7-9,17,20-21,29H,10-16H2,1-6H3. The van der Waals surface area contributed by atoms with Gasteiger partial charge in [0.2, 0.25) is 0 Å². The van der Waals surface area contributed by atoms with Crippen molar-refractivity contribution in [3.05, 3.63) is 29.3 Å². The second-order valence-electron chi connectivity index (χ2n) is 12.7. The van der Waals surface area contributed by atoms with Gasteiger partial charge >= 0.3 is 0 Å². The quantitative estimate of drug-likeness (QED) is 0.454. The number of phenols is 1. The van der Waals surface area contributed by atoms with Crippen LogP contribution in [0.1, 0.15) is 103 Å². The molecule has 4 fully saturated rings. The molecule has 2 heteroatoms. The van der Waals surface area contributed by atoms with Gasteiger partial charge in [0, 0.05) is 5.33 Å². The Morgan fingerprint density at radius 1 is 0.931 bits per heavy atom. The lowest BCUT2D eigenvalue weighted by Crippen LogP contribution is -2.36. The maximum Gasteiger partial charge on any atom is 0.122 e. The van der Waals surface area contributed by atoms with Crippen molar-refractivity contribution in [3.63, 3.8) is 0 Å². The van der Waals surface area contributed by atoms with Gasteiger partial charge in [0.15, 0.2) is 0 Å². The minimum Gasteiger partial charge on any atom is -0.507 e. The number of benzene rings is 1. The van der Waals surface area contributed by atoms with Crippen LogP contribution in [-0.2, 0) is 0 Å². The maximum atomic E-state index is 11.7. The van der Waals surface area contributed by atoms with Crippen LogP contribution in [0.2, 0.25) is 0 Å². The van der Waals surface area contributed by atoms with Crippen molar-refractivity contribution < 1.29 is 5.11 Å². The summed E-state index contributed by atoms with van der Waals surface area (Å²) in [7, 11) is 0. The third-order valence-electron chi connectivity index (χ3n) is 12.1. The molecule has 6 atom stereocenters. The first-order valence-electron chi connectivity index (χ1n) is 11.8. The highest BCUT2D eigenvalue weighted by molar-refractivity contribution is 9.09. The van der Waals surface area contributed by atoms with Gasteiger partial charge in [-0.3, -0.25) is 0 Å². The summed E-state index contributed by atoms with van der Waals surface area (Å²) >= 11 is 3.89. The first-order valence-corrected chi connectivity index (χ1v) is 13.0. The van der Waals surface area contributed by atoms with E-state index in [-0.39, 0.29) is 10.8 Å². The summed E-state index contributed by atoms with van der Waals surface area (Å²) in [5, 5.41) is 12.8. The molecule has 1 aromatic rings. The van der Waals surface area contributed by atoms with Crippen molar-refractivity contribution in [2.45, 2.75) is 91.9 Å². The van der Waals surface area contributed by atoms with Gasteiger partial charge in [0.1, 0.15) is 5.75 Å². The molecule has 4 bridgehead atoms. The minimum atomic E-state index is 0.259. The number of para-hydroxylation sites is 1. The average Bonchev–Trinajstić information content (AvgIpc) is 3.17. The van der Waals surface area contributed by atoms with Gasteiger partial charge in [-0.2, -0.15) is 0 Å². The summed E-state index contributed by atoms with van der Waals surface area (Å²) in [6.07, 6.45) is 7.71. The Hall–Kier alpha value is -0.500. The highest BCUT2D eigenvalue weighted by Crippen LogP contribution is 2.78. The van der Waals surface area contributed by atoms with Crippen molar-refractivity contribution >= 4 is 15.9 Å². The van der Waals surface area contributed by atoms with E-state index in [0.717, 1.165) is 11.2 Å². The monoisotopic (exact) mass is 458 g/mol. The van der Waals surface area contributed by atoms with Crippen LogP contribution < -0.4 is 0 Å². The number of halogens is 1. The van der Waals surface area contributed by atoms with Crippen LogP contribution >= 0.6 is 15.9 Å². The van der Waals surface area contributed by atoms with Crippen LogP contribution in [0.5, 0.6) is 5.75 Å². The van der Waals surface area contributed by atoms with Crippen molar-refractivity contribution in [1.29, 1.82) is 0 Å². The van der Waals surface area contributed by atoms with Gasteiger partial charge in [0.05, 0.1) is 0 Å². The highest BCUT2D eigenvalue weighted by Gasteiger charge is 2.69. The number of hydrogen-bond donors (Lipinski definition) is 1. The zero-order chi connectivity index (χ0) is 21.0. The summed E-state index contributed by atoms with van der Waals surface area (Å²) in [5.41, 5.74) is 4.08. The molecule has 0 aliphatic heterocycles. The Balaban J connectivity index is 1.57. The lowest BCUT2D eigenvalue weighted by atomic mass is 9.62. The lowest BCUT2D eigenvalue weighted by molar-refractivity contribution is 0.0973. The van der Waals surface area contributed by atoms with E-state index < -0.39 is 0 Å². The largest absolute Gasteiger partial charge is 0.507 e. The van der Waals surface area contributed by atoms with E-state index >= 15 is 0 Å². The van der Waals surface area contributed by atoms with Crippen LogP contribution in [0, 0.1) is 33.0 Å². The van der Waals surface area contributed by atoms with Crippen molar-refractivity contribution in [3.8, 4) is 5.75 Å². The Kier molecular flexibility index (Phi) is 4.11. The van der Waals surface area contributed by atoms with Gasteiger partial charge in [0.25, 0.3) is 0 Å². The normalized spacial score (nSPS) is 46.5. The van der Waals surface area contributed by atoms with Crippen molar-refractivity contribution in [1.82, 2.24) is 0 Å². The Morgan fingerprint density at radius 2 is 1.59 bits per heavy atom. The molecule has 0 aromatic heterocycles. The molecule has 0 spiro atoms. The third-order valence-corrected chi connectivity index (χ3v) is 13.2. The summed E-state index contributed by atoms with van der Waals surface area (Å²) in [6.45, 7) is 14.9. The van der Waals surface area contributed by atoms with E-state index in [1.807, 2.05) is 0 Å². The number of alkyl halides is 1. The second kappa shape index (κ2) is 5.84. The molecule has 0 saturated heterocycles. The zero-order valence-electron chi connectivity index (χ0n) is 19.2. The van der Waals surface area contributed by atoms with Crippen LogP contribution in [0.4, 0.5) is 0 Å². The molecule has 4 aliphatic rings. The predicted molar refractivity (Wildman–Crippen MR) is 125 cm³/mol. The van der Waals surface area contributed by atoms with Gasteiger partial charge in [-0.1, -0.05) is 75.7 Å². The lowest BCUT2D eigenvalue weighted by Gasteiger charge is -2.42. The summed E-state index contributed by atoms with van der Waals surface area (Å²) in [6, 6.07) is 6.73. The number of rotatable bonds is 3. The molecule has 0 heterocycles. The smallest absolute Gasteiger partial charge is 0.122 e. The van der Waals surface area contributed by atoms with E-state index in [2.05, 4.69) is 75.7 Å². The van der Waals surface area contributed by atoms with Gasteiger partial charge < -0.3 is 5.11 Å². The molecule has 4 saturated carbocycles. The fourth-order valence-electron chi connectivity index (χ4n) is 8.87. The highest BCUT2D eigenvalue weighted by atomic mass is 79.9. The maximum absolute atomic E-state index is 11.7. The fraction of sp³-hybridized carbons (Fsp3) is 0.778. The average molecular weight is 460 g/mol. The van der Waals surface area contributed by atoms with Crippen LogP contribution in [0.3, 0.4) is 0 Å². The topological polar surface area (TPSA) is 20.2 Å². The Morgan fingerprint density at radius 3 is 2.10 bits per heavy atom. The van der Waals surface area contributed by atoms with Crippen molar-refractivity contribution in [2.75, 3.05) is 5.33 Å². The Bertz CT molecular complexity index is 856. The molecule has 5 rings (SSSR count). The fourth-order valence-corrected chi connectivity index (χ4v) is 10.1. The SMILES string of the molecule is CC1(C)C2CCC1(C)C(c1cccc(C3CC4(CBr)CCC3(C)C4(C)C)c1O)C2. The van der Waals surface area contributed by atoms with Crippen LogP contribution in [-0.4, -0.2) is 10.4 Å². The molecule has 4 aliphatic carbocycles. The molecule has 29 heavy (non-hydrogen) atoms. The summed E-state index contributed by atoms with van der Waals surface area (Å²) < 4.78 is 0. The predicted octanol–water partition coefficient (Wildman–Crippen LogP) is 8.02. The molecule has 0 amide bonds. The molecule has 6 unspecified atom stereocenters. The zero-order valence-corrected chi connectivity index (χ0v) is 20.8. The van der Waals surface area contributed by atoms with E-state index in [1.54, 1.807) is 0 Å². The number of phenolic OH excluding ortho intramolecular Hbond substituents is 1. The van der Waals surface area contributed by atoms with Crippen LogP contribution in [0.15, 0.2) is 18.2 Å². The number of fused-ring (bicyclic) bond motifs is 4. The van der Waals surface area contributed by atoms with E-state index in [1.165, 1.54) is 49.7 Å². The molecule has 160 valence electrons. The van der Waals surface area contributed by atoms with Crippen LogP contribution in [0.25, 0.3) is 0 Å². The summed E-state index contributed by atoms with van der Waals surface area (Å²) in [4.78, 5) is 0. The molecule has 0 radical (unpaired) electrons. The van der Waals surface area contributed by atoms with Gasteiger partial charge in [-0.05, 0) is 94.5 Å². The minimum absolute atomic E-state index is 0.259. The third kappa shape index (κ3) is 2.14. The Labute approximate surface area is 186 Å². The molecular weight excluding hydrogens is 420 g/mol. The van der Waals surface area contributed by atoms with Gasteiger partial charge in [-0.15, -0.1) is 0 Å². The van der Waals surface area contributed by atoms with E-state index in [9.17, 15) is 5.11 Å². The first kappa shape index (κ1) is 20.4. The van der Waals surface area contributed by atoms with Crippen molar-refractivity contribution in [2.24, 2.45) is 33.0 Å². The summed E-state index contributed by atoms with van der Waals surface area (Å²) in [5.74, 6) is 2.40. The molecule has 1 aromatic carbocycles. The van der Waals surface area contributed by atoms with Gasteiger partial charge in [-0.25, -0.2) is 0 Å². The first-order chi connectivity index (χ1) is 13.5. The number of hydrogen-bond acceptors (Lipinski definition) is 1. The molecular formula is C27H39BrO. The number of aromatic hydroxyl groups is 1.